The average molecular weight is 436 g/mol. The molecule has 0 spiro atoms. The maximum atomic E-state index is 12.0. The molecule has 29 heavy (non-hydrogen) atoms. The molecule has 0 saturated heterocycles. The number of nitrogens with one attached hydrogen (secondary N) is 2. The van der Waals surface area contributed by atoms with E-state index in [9.17, 15) is 14.4 Å². The first-order valence-electron chi connectivity index (χ1n) is 8.54. The smallest absolute Gasteiger partial charge is 0.349 e. The fourth-order valence-corrected chi connectivity index (χ4v) is 2.88. The molecule has 0 radical (unpaired) electrons. The summed E-state index contributed by atoms with van der Waals surface area (Å²) in [4.78, 5) is 37.4. The van der Waals surface area contributed by atoms with E-state index in [0.717, 1.165) is 4.68 Å². The number of hydrogen-bond donors (Lipinski definition) is 2. The molecule has 0 amide bonds. The van der Waals surface area contributed by atoms with Crippen LogP contribution in [0.25, 0.3) is 5.69 Å². The molecule has 0 unspecified atom stereocenters. The van der Waals surface area contributed by atoms with E-state index in [0.29, 0.717) is 0 Å². The van der Waals surface area contributed by atoms with E-state index in [4.69, 9.17) is 34.6 Å². The van der Waals surface area contributed by atoms with Gasteiger partial charge in [-0.1, -0.05) is 37.0 Å². The summed E-state index contributed by atoms with van der Waals surface area (Å²) in [5.74, 6) is -0.559. The van der Waals surface area contributed by atoms with Crippen LogP contribution >= 0.6 is 23.2 Å². The number of aromatic nitrogens is 5. The Bertz CT molecular complexity index is 1350. The highest BCUT2D eigenvalue weighted by molar-refractivity contribution is 6.37. The monoisotopic (exact) mass is 435 g/mol. The van der Waals surface area contributed by atoms with Crippen molar-refractivity contribution in [2.24, 2.45) is 0 Å². The summed E-state index contributed by atoms with van der Waals surface area (Å²) in [6.07, 6.45) is 0. The standard InChI is InChI=1S/C17H12Cl2N6O4/c1-7(2)9-5-13(22-23-15(9)26)29-14-10(18)3-8(4-11(14)19)25-17(28)21-16(27)12(6-20)24-25/h3-5,7H,1-2H3,(H,23,26)(H,21,27,28)/i5D. The van der Waals surface area contributed by atoms with Crippen LogP contribution in [0, 0.1) is 11.3 Å². The van der Waals surface area contributed by atoms with Gasteiger partial charge >= 0.3 is 5.69 Å². The topological polar surface area (TPSA) is 147 Å². The van der Waals surface area contributed by atoms with E-state index in [1.807, 2.05) is 4.98 Å². The predicted molar refractivity (Wildman–Crippen MR) is 104 cm³/mol. The lowest BCUT2D eigenvalue weighted by molar-refractivity contribution is 0.452. The molecule has 0 saturated carbocycles. The fraction of sp³-hybridized carbons (Fsp3) is 0.176. The Balaban J connectivity index is 2.09. The van der Waals surface area contributed by atoms with Crippen LogP contribution in [0.3, 0.4) is 0 Å². The summed E-state index contributed by atoms with van der Waals surface area (Å²) in [6, 6.07) is 3.87. The number of hydrogen-bond acceptors (Lipinski definition) is 7. The molecule has 0 fully saturated rings. The molecular formula is C17H12Cl2N6O4. The van der Waals surface area contributed by atoms with E-state index in [2.05, 4.69) is 15.3 Å². The number of aromatic amines is 2. The summed E-state index contributed by atoms with van der Waals surface area (Å²) in [5.41, 5.74) is -2.64. The lowest BCUT2D eigenvalue weighted by Gasteiger charge is -2.12. The van der Waals surface area contributed by atoms with Crippen molar-refractivity contribution >= 4 is 23.2 Å². The summed E-state index contributed by atoms with van der Waals surface area (Å²) < 4.78 is 14.5. The van der Waals surface area contributed by atoms with Crippen molar-refractivity contribution in [1.29, 1.82) is 5.26 Å². The maximum Gasteiger partial charge on any atom is 0.349 e. The zero-order chi connectivity index (χ0) is 22.2. The fourth-order valence-electron chi connectivity index (χ4n) is 2.33. The van der Waals surface area contributed by atoms with Gasteiger partial charge < -0.3 is 4.74 Å². The van der Waals surface area contributed by atoms with Gasteiger partial charge in [0.2, 0.25) is 11.6 Å². The van der Waals surface area contributed by atoms with Gasteiger partial charge in [0.05, 0.1) is 17.1 Å². The molecule has 0 bridgehead atoms. The average Bonchev–Trinajstić information content (AvgIpc) is 2.66. The van der Waals surface area contributed by atoms with Crippen molar-refractivity contribution in [3.8, 4) is 23.4 Å². The van der Waals surface area contributed by atoms with Gasteiger partial charge in [0.15, 0.2) is 5.75 Å². The van der Waals surface area contributed by atoms with Crippen LogP contribution in [0.1, 0.15) is 32.4 Å². The van der Waals surface area contributed by atoms with Crippen LogP contribution in [-0.4, -0.2) is 25.0 Å². The predicted octanol–water partition coefficient (Wildman–Crippen LogP) is 2.10. The number of H-pyrrole nitrogens is 2. The van der Waals surface area contributed by atoms with Crippen LogP contribution < -0.4 is 21.5 Å². The second kappa shape index (κ2) is 7.90. The first-order chi connectivity index (χ1) is 14.1. The Morgan fingerprint density at radius 1 is 1.24 bits per heavy atom. The molecule has 1 aromatic carbocycles. The van der Waals surface area contributed by atoms with Crippen LogP contribution in [0.2, 0.25) is 10.0 Å². The number of ether oxygens (including phenoxy) is 1. The zero-order valence-electron chi connectivity index (χ0n) is 15.9. The van der Waals surface area contributed by atoms with Gasteiger partial charge in [0.1, 0.15) is 6.07 Å². The lowest BCUT2D eigenvalue weighted by Crippen LogP contribution is -2.33. The number of benzene rings is 1. The Hall–Kier alpha value is -3.42. The van der Waals surface area contributed by atoms with Crippen LogP contribution in [0.5, 0.6) is 11.6 Å². The molecule has 2 heterocycles. The van der Waals surface area contributed by atoms with Crippen molar-refractivity contribution in [1.82, 2.24) is 25.0 Å². The summed E-state index contributed by atoms with van der Waals surface area (Å²) in [7, 11) is 0. The molecule has 2 aromatic heterocycles. The van der Waals surface area contributed by atoms with Crippen LogP contribution in [0.4, 0.5) is 0 Å². The molecular weight excluding hydrogens is 423 g/mol. The number of nitriles is 1. The SMILES string of the molecule is [2H]c1c(Oc2c(Cl)cc(-n3nc(C#N)c(=O)[nH]c3=O)cc2Cl)n[nH]c(=O)c1C(C)C. The lowest BCUT2D eigenvalue weighted by atomic mass is 10.1. The summed E-state index contributed by atoms with van der Waals surface area (Å²) >= 11 is 12.5. The third-order valence-electron chi connectivity index (χ3n) is 3.68. The van der Waals surface area contributed by atoms with Gasteiger partial charge in [-0.25, -0.2) is 9.89 Å². The minimum Gasteiger partial charge on any atom is -0.434 e. The van der Waals surface area contributed by atoms with Gasteiger partial charge in [-0.3, -0.25) is 14.6 Å². The molecule has 0 aliphatic carbocycles. The molecule has 12 heteroatoms. The van der Waals surface area contributed by atoms with E-state index in [-0.39, 0.29) is 44.9 Å². The molecule has 0 aliphatic rings. The maximum absolute atomic E-state index is 12.0. The number of rotatable bonds is 4. The van der Waals surface area contributed by atoms with Crippen LogP contribution in [-0.2, 0) is 0 Å². The highest BCUT2D eigenvalue weighted by Crippen LogP contribution is 2.37. The summed E-state index contributed by atoms with van der Waals surface area (Å²) in [6.45, 7) is 3.48. The highest BCUT2D eigenvalue weighted by Gasteiger charge is 2.16. The van der Waals surface area contributed by atoms with E-state index < -0.39 is 22.5 Å². The zero-order valence-corrected chi connectivity index (χ0v) is 16.4. The van der Waals surface area contributed by atoms with Crippen molar-refractivity contribution < 1.29 is 6.11 Å². The van der Waals surface area contributed by atoms with Gasteiger partial charge in [-0.2, -0.15) is 9.94 Å². The Kier molecular flexibility index (Phi) is 5.16. The van der Waals surface area contributed by atoms with Crippen molar-refractivity contribution in [2.45, 2.75) is 19.8 Å². The summed E-state index contributed by atoms with van der Waals surface area (Å²) in [5, 5.41) is 18.4. The quantitative estimate of drug-likeness (QED) is 0.637. The molecule has 3 aromatic rings. The Labute approximate surface area is 173 Å². The second-order valence-electron chi connectivity index (χ2n) is 6.02. The molecule has 3 rings (SSSR count). The van der Waals surface area contributed by atoms with Gasteiger partial charge in [-0.15, -0.1) is 10.2 Å². The number of nitrogens with zero attached hydrogens (tertiary/aromatic N) is 4. The normalized spacial score (nSPS) is 11.2. The minimum absolute atomic E-state index is 0.0542. The van der Waals surface area contributed by atoms with E-state index in [1.54, 1.807) is 19.9 Å². The first kappa shape index (κ1) is 18.9. The van der Waals surface area contributed by atoms with Gasteiger partial charge in [-0.05, 0) is 18.1 Å². The van der Waals surface area contributed by atoms with Crippen molar-refractivity contribution in [3.63, 3.8) is 0 Å². The van der Waals surface area contributed by atoms with Crippen LogP contribution in [0.15, 0.2) is 32.6 Å². The minimum atomic E-state index is -0.927. The molecule has 10 nitrogen and oxygen atoms in total. The van der Waals surface area contributed by atoms with Gasteiger partial charge in [0, 0.05) is 11.6 Å². The van der Waals surface area contributed by atoms with Gasteiger partial charge in [0.25, 0.3) is 11.1 Å². The van der Waals surface area contributed by atoms with Crippen molar-refractivity contribution in [2.75, 3.05) is 0 Å². The number of halogens is 2. The van der Waals surface area contributed by atoms with Crippen molar-refractivity contribution in [3.05, 3.63) is 70.7 Å². The molecule has 0 atom stereocenters. The first-order valence-corrected chi connectivity index (χ1v) is 8.79. The third kappa shape index (κ3) is 4.06. The molecule has 2 N–H and O–H groups in total. The van der Waals surface area contributed by atoms with E-state index >= 15 is 0 Å². The Morgan fingerprint density at radius 2 is 1.90 bits per heavy atom. The molecule has 148 valence electrons. The second-order valence-corrected chi connectivity index (χ2v) is 6.84. The molecule has 0 aliphatic heterocycles. The third-order valence-corrected chi connectivity index (χ3v) is 4.24. The largest absolute Gasteiger partial charge is 0.434 e. The Morgan fingerprint density at radius 3 is 2.48 bits per heavy atom. The van der Waals surface area contributed by atoms with E-state index in [1.165, 1.54) is 12.1 Å². The highest BCUT2D eigenvalue weighted by atomic mass is 35.5.